The minimum absolute atomic E-state index is 0.0917. The Kier molecular flexibility index (Phi) is 10.9. The third-order valence-corrected chi connectivity index (χ3v) is 5.58. The van der Waals surface area contributed by atoms with Crippen LogP contribution in [0.4, 0.5) is 0 Å². The number of allylic oxidation sites excluding steroid dienone is 2. The zero-order chi connectivity index (χ0) is 23.5. The Labute approximate surface area is 191 Å². The zero-order valence-corrected chi connectivity index (χ0v) is 19.4. The molecule has 0 radical (unpaired) electrons. The van der Waals surface area contributed by atoms with Crippen LogP contribution in [0.25, 0.3) is 0 Å². The van der Waals surface area contributed by atoms with Gasteiger partial charge in [-0.1, -0.05) is 36.4 Å². The summed E-state index contributed by atoms with van der Waals surface area (Å²) in [5.41, 5.74) is 1.09. The lowest BCUT2D eigenvalue weighted by molar-refractivity contribution is -0.147. The minimum Gasteiger partial charge on any atom is -0.491 e. The molecule has 3 N–H and O–H groups in total. The summed E-state index contributed by atoms with van der Waals surface area (Å²) in [6.07, 6.45) is 8.12. The van der Waals surface area contributed by atoms with E-state index in [-0.39, 0.29) is 30.5 Å². The molecule has 1 saturated carbocycles. The normalized spacial score (nSPS) is 24.5. The van der Waals surface area contributed by atoms with Crippen LogP contribution in [-0.2, 0) is 9.53 Å². The van der Waals surface area contributed by atoms with E-state index in [1.165, 1.54) is 0 Å². The monoisotopic (exact) mass is 446 g/mol. The quantitative estimate of drug-likeness (QED) is 0.257. The highest BCUT2D eigenvalue weighted by Crippen LogP contribution is 2.36. The fraction of sp³-hybridized carbons (Fsp3) is 0.577. The topological polar surface area (TPSA) is 96.2 Å². The van der Waals surface area contributed by atoms with Gasteiger partial charge in [0.25, 0.3) is 0 Å². The second kappa shape index (κ2) is 13.4. The van der Waals surface area contributed by atoms with Gasteiger partial charge < -0.3 is 24.8 Å². The van der Waals surface area contributed by atoms with Gasteiger partial charge in [-0.3, -0.25) is 4.79 Å². The van der Waals surface area contributed by atoms with Crippen molar-refractivity contribution in [2.24, 2.45) is 11.8 Å². The SMILES string of the molecule is Cc1cccc(OC[C@H](O)C=C[C@@H]2[C@@H](CC=CCCCC(=O)OC(C)C)[C@@H](O)C[C@H]2O)c1. The number of hydrogen-bond acceptors (Lipinski definition) is 6. The number of aliphatic hydroxyl groups excluding tert-OH is 3. The first-order chi connectivity index (χ1) is 15.3. The van der Waals surface area contributed by atoms with Crippen molar-refractivity contribution >= 4 is 5.97 Å². The number of ether oxygens (including phenoxy) is 2. The molecule has 1 aliphatic carbocycles. The molecule has 1 aromatic rings. The predicted octanol–water partition coefficient (Wildman–Crippen LogP) is 3.72. The van der Waals surface area contributed by atoms with Crippen molar-refractivity contribution in [3.05, 3.63) is 54.1 Å². The second-order valence-corrected chi connectivity index (χ2v) is 8.83. The van der Waals surface area contributed by atoms with Crippen LogP contribution in [0.2, 0.25) is 0 Å². The van der Waals surface area contributed by atoms with E-state index in [2.05, 4.69) is 0 Å². The van der Waals surface area contributed by atoms with Gasteiger partial charge in [0.1, 0.15) is 18.5 Å². The smallest absolute Gasteiger partial charge is 0.306 e. The molecule has 0 aromatic heterocycles. The lowest BCUT2D eigenvalue weighted by atomic mass is 9.89. The molecule has 5 atom stereocenters. The average Bonchev–Trinajstić information content (AvgIpc) is 2.99. The fourth-order valence-electron chi connectivity index (χ4n) is 3.96. The summed E-state index contributed by atoms with van der Waals surface area (Å²) >= 11 is 0. The lowest BCUT2D eigenvalue weighted by Crippen LogP contribution is -2.21. The first-order valence-corrected chi connectivity index (χ1v) is 11.5. The third-order valence-electron chi connectivity index (χ3n) is 5.58. The summed E-state index contributed by atoms with van der Waals surface area (Å²) < 4.78 is 10.7. The molecule has 0 spiro atoms. The Balaban J connectivity index is 1.78. The van der Waals surface area contributed by atoms with Gasteiger partial charge in [0, 0.05) is 18.8 Å². The van der Waals surface area contributed by atoms with E-state index >= 15 is 0 Å². The van der Waals surface area contributed by atoms with Crippen molar-refractivity contribution in [3.63, 3.8) is 0 Å². The van der Waals surface area contributed by atoms with Crippen LogP contribution >= 0.6 is 0 Å². The number of esters is 1. The molecule has 0 heterocycles. The standard InChI is InChI=1S/C26H38O6/c1-18(2)32-26(30)12-7-5-4-6-11-22-23(25(29)16-24(22)28)14-13-20(27)17-31-21-10-8-9-19(3)15-21/h4,6,8-10,13-15,18,20,22-25,27-29H,5,7,11-12,16-17H2,1-3H3/t20-,22-,23-,24+,25-/m1/s1. The van der Waals surface area contributed by atoms with Crippen LogP contribution in [0.15, 0.2) is 48.6 Å². The zero-order valence-electron chi connectivity index (χ0n) is 19.4. The van der Waals surface area contributed by atoms with Gasteiger partial charge in [0.15, 0.2) is 0 Å². The number of carbonyl (C=O) groups is 1. The summed E-state index contributed by atoms with van der Waals surface area (Å²) in [5.74, 6) is 0.171. The van der Waals surface area contributed by atoms with Gasteiger partial charge in [-0.05, 0) is 63.6 Å². The maximum absolute atomic E-state index is 11.5. The maximum Gasteiger partial charge on any atom is 0.306 e. The highest BCUT2D eigenvalue weighted by atomic mass is 16.5. The summed E-state index contributed by atoms with van der Waals surface area (Å²) in [6, 6.07) is 7.63. The molecule has 1 aliphatic rings. The van der Waals surface area contributed by atoms with Crippen LogP contribution in [0.5, 0.6) is 5.75 Å². The largest absolute Gasteiger partial charge is 0.491 e. The van der Waals surface area contributed by atoms with Gasteiger partial charge in [-0.2, -0.15) is 0 Å². The van der Waals surface area contributed by atoms with Crippen molar-refractivity contribution in [2.75, 3.05) is 6.61 Å². The van der Waals surface area contributed by atoms with E-state index in [0.717, 1.165) is 12.0 Å². The molecule has 1 fully saturated rings. The molecule has 0 amide bonds. The third kappa shape index (κ3) is 9.15. The average molecular weight is 447 g/mol. The summed E-state index contributed by atoms with van der Waals surface area (Å²) in [7, 11) is 0. The number of aliphatic hydroxyl groups is 3. The van der Waals surface area contributed by atoms with Crippen molar-refractivity contribution in [1.29, 1.82) is 0 Å². The Morgan fingerprint density at radius 1 is 1.22 bits per heavy atom. The van der Waals surface area contributed by atoms with Gasteiger partial charge >= 0.3 is 5.97 Å². The molecule has 178 valence electrons. The molecule has 1 aromatic carbocycles. The van der Waals surface area contributed by atoms with Gasteiger partial charge in [0.05, 0.1) is 18.3 Å². The van der Waals surface area contributed by atoms with E-state index in [1.807, 2.05) is 57.2 Å². The first kappa shape index (κ1) is 26.1. The van der Waals surface area contributed by atoms with Crippen LogP contribution in [0.1, 0.15) is 51.5 Å². The second-order valence-electron chi connectivity index (χ2n) is 8.83. The predicted molar refractivity (Wildman–Crippen MR) is 124 cm³/mol. The summed E-state index contributed by atoms with van der Waals surface area (Å²) in [5, 5.41) is 31.0. The first-order valence-electron chi connectivity index (χ1n) is 11.5. The Hall–Kier alpha value is -2.15. The van der Waals surface area contributed by atoms with E-state index in [9.17, 15) is 20.1 Å². The van der Waals surface area contributed by atoms with E-state index < -0.39 is 18.3 Å². The number of benzene rings is 1. The van der Waals surface area contributed by atoms with Gasteiger partial charge in [0.2, 0.25) is 0 Å². The fourth-order valence-corrected chi connectivity index (χ4v) is 3.96. The number of rotatable bonds is 12. The number of unbranched alkanes of at least 4 members (excludes halogenated alkanes) is 1. The number of aryl methyl sites for hydroxylation is 1. The molecule has 32 heavy (non-hydrogen) atoms. The molecule has 0 unspecified atom stereocenters. The number of carbonyl (C=O) groups excluding carboxylic acids is 1. The molecule has 0 bridgehead atoms. The Morgan fingerprint density at radius 3 is 2.72 bits per heavy atom. The summed E-state index contributed by atoms with van der Waals surface area (Å²) in [4.78, 5) is 11.5. The molecule has 0 aliphatic heterocycles. The van der Waals surface area contributed by atoms with Crippen molar-refractivity contribution in [3.8, 4) is 5.75 Å². The number of hydrogen-bond donors (Lipinski definition) is 3. The molecule has 6 nitrogen and oxygen atoms in total. The van der Waals surface area contributed by atoms with E-state index in [4.69, 9.17) is 9.47 Å². The molecule has 6 heteroatoms. The van der Waals surface area contributed by atoms with E-state index in [1.54, 1.807) is 12.2 Å². The van der Waals surface area contributed by atoms with Crippen LogP contribution in [0.3, 0.4) is 0 Å². The van der Waals surface area contributed by atoms with Crippen LogP contribution in [0, 0.1) is 18.8 Å². The van der Waals surface area contributed by atoms with Gasteiger partial charge in [-0.15, -0.1) is 0 Å². The highest BCUT2D eigenvalue weighted by Gasteiger charge is 2.39. The molecular weight excluding hydrogens is 408 g/mol. The minimum atomic E-state index is -0.803. The molecule has 2 rings (SSSR count). The maximum atomic E-state index is 11.5. The van der Waals surface area contributed by atoms with Crippen molar-refractivity contribution in [2.45, 2.75) is 77.3 Å². The molecular formula is C26H38O6. The highest BCUT2D eigenvalue weighted by molar-refractivity contribution is 5.69. The Morgan fingerprint density at radius 2 is 2.00 bits per heavy atom. The van der Waals surface area contributed by atoms with Crippen LogP contribution in [-0.4, -0.2) is 52.3 Å². The van der Waals surface area contributed by atoms with E-state index in [0.29, 0.717) is 31.4 Å². The van der Waals surface area contributed by atoms with Crippen LogP contribution < -0.4 is 4.74 Å². The van der Waals surface area contributed by atoms with Crippen molar-refractivity contribution in [1.82, 2.24) is 0 Å². The lowest BCUT2D eigenvalue weighted by Gasteiger charge is -2.19. The summed E-state index contributed by atoms with van der Waals surface area (Å²) in [6.45, 7) is 5.76. The Bertz CT molecular complexity index is 756. The molecule has 0 saturated heterocycles. The van der Waals surface area contributed by atoms with Crippen molar-refractivity contribution < 1.29 is 29.6 Å². The van der Waals surface area contributed by atoms with Gasteiger partial charge in [-0.25, -0.2) is 0 Å².